The number of fused-ring (bicyclic) bond motifs is 1. The van der Waals surface area contributed by atoms with Crippen LogP contribution in [0.4, 0.5) is 5.69 Å². The molecule has 0 unspecified atom stereocenters. The third-order valence-corrected chi connectivity index (χ3v) is 4.59. The molecule has 1 aromatic carbocycles. The van der Waals surface area contributed by atoms with E-state index >= 15 is 0 Å². The Kier molecular flexibility index (Phi) is 4.22. The van der Waals surface area contributed by atoms with Crippen LogP contribution < -0.4 is 5.32 Å². The third-order valence-electron chi connectivity index (χ3n) is 4.09. The molecule has 105 valence electrons. The number of halogens is 1. The number of aromatic nitrogens is 1. The molecular weight excluding hydrogens is 316 g/mol. The van der Waals surface area contributed by atoms with Crippen LogP contribution in [0.2, 0.25) is 0 Å². The SMILES string of the molecule is OC[C@H]1CC[C@H](Nc2[c]cnc3ccc(Br)cc23)CC1. The molecule has 20 heavy (non-hydrogen) atoms. The zero-order valence-corrected chi connectivity index (χ0v) is 12.9. The lowest BCUT2D eigenvalue weighted by Crippen LogP contribution is -2.27. The predicted octanol–water partition coefficient (Wildman–Crippen LogP) is 3.76. The number of hydrogen-bond acceptors (Lipinski definition) is 3. The van der Waals surface area contributed by atoms with Crippen LogP contribution in [0, 0.1) is 12.0 Å². The van der Waals surface area contributed by atoms with Crippen LogP contribution in [0.1, 0.15) is 25.7 Å². The Bertz CT molecular complexity index is 594. The fourth-order valence-corrected chi connectivity index (χ4v) is 3.24. The summed E-state index contributed by atoms with van der Waals surface area (Å²) in [7, 11) is 0. The van der Waals surface area contributed by atoms with Gasteiger partial charge in [-0.2, -0.15) is 0 Å². The standard InChI is InChI=1S/C16H18BrN2O/c17-12-3-6-15-14(9-12)16(7-8-18-15)19-13-4-1-11(10-20)2-5-13/h3,6,8-9,11,13,20H,1-2,4-5,10H2,(H,18,19)/t11-,13-. The summed E-state index contributed by atoms with van der Waals surface area (Å²) in [4.78, 5) is 4.35. The van der Waals surface area contributed by atoms with Gasteiger partial charge in [0.2, 0.25) is 0 Å². The van der Waals surface area contributed by atoms with E-state index in [0.717, 1.165) is 46.7 Å². The van der Waals surface area contributed by atoms with Gasteiger partial charge in [0.15, 0.2) is 0 Å². The number of nitrogens with one attached hydrogen (secondary N) is 1. The average molecular weight is 334 g/mol. The second kappa shape index (κ2) is 6.10. The number of pyridine rings is 1. The number of benzene rings is 1. The highest BCUT2D eigenvalue weighted by atomic mass is 79.9. The lowest BCUT2D eigenvalue weighted by molar-refractivity contribution is 0.186. The minimum Gasteiger partial charge on any atom is -0.396 e. The molecule has 0 aliphatic heterocycles. The Labute approximate surface area is 127 Å². The molecule has 0 amide bonds. The van der Waals surface area contributed by atoms with Gasteiger partial charge in [0.1, 0.15) is 0 Å². The van der Waals surface area contributed by atoms with Crippen molar-refractivity contribution in [2.75, 3.05) is 11.9 Å². The van der Waals surface area contributed by atoms with Gasteiger partial charge in [-0.15, -0.1) is 0 Å². The van der Waals surface area contributed by atoms with Crippen molar-refractivity contribution in [3.63, 3.8) is 0 Å². The van der Waals surface area contributed by atoms with Gasteiger partial charge in [0.05, 0.1) is 11.2 Å². The molecule has 1 heterocycles. The van der Waals surface area contributed by atoms with E-state index in [1.54, 1.807) is 6.20 Å². The maximum atomic E-state index is 9.20. The van der Waals surface area contributed by atoms with E-state index in [2.05, 4.69) is 38.4 Å². The van der Waals surface area contributed by atoms with Crippen LogP contribution in [-0.4, -0.2) is 22.7 Å². The zero-order chi connectivity index (χ0) is 13.9. The first kappa shape index (κ1) is 13.8. The van der Waals surface area contributed by atoms with Gasteiger partial charge in [-0.25, -0.2) is 0 Å². The minimum absolute atomic E-state index is 0.323. The van der Waals surface area contributed by atoms with Crippen molar-refractivity contribution in [1.82, 2.24) is 4.98 Å². The van der Waals surface area contributed by atoms with E-state index in [-0.39, 0.29) is 0 Å². The van der Waals surface area contributed by atoms with E-state index < -0.39 is 0 Å². The summed E-state index contributed by atoms with van der Waals surface area (Å²) in [6, 6.07) is 9.79. The number of aliphatic hydroxyl groups excluding tert-OH is 1. The molecule has 4 heteroatoms. The second-order valence-corrected chi connectivity index (χ2v) is 6.40. The van der Waals surface area contributed by atoms with Gasteiger partial charge in [-0.3, -0.25) is 4.98 Å². The summed E-state index contributed by atoms with van der Waals surface area (Å²) in [6.07, 6.45) is 6.15. The molecule has 0 bridgehead atoms. The highest BCUT2D eigenvalue weighted by Gasteiger charge is 2.20. The molecule has 1 aliphatic rings. The fraction of sp³-hybridized carbons (Fsp3) is 0.438. The van der Waals surface area contributed by atoms with Crippen molar-refractivity contribution in [2.45, 2.75) is 31.7 Å². The monoisotopic (exact) mass is 333 g/mol. The summed E-state index contributed by atoms with van der Waals surface area (Å²) in [6.45, 7) is 0.323. The van der Waals surface area contributed by atoms with Crippen LogP contribution in [0.5, 0.6) is 0 Å². The average Bonchev–Trinajstić information content (AvgIpc) is 2.49. The lowest BCUT2D eigenvalue weighted by atomic mass is 9.86. The maximum absolute atomic E-state index is 9.20. The van der Waals surface area contributed by atoms with E-state index in [1.807, 2.05) is 12.1 Å². The minimum atomic E-state index is 0.323. The van der Waals surface area contributed by atoms with Crippen LogP contribution in [-0.2, 0) is 0 Å². The molecule has 3 rings (SSSR count). The van der Waals surface area contributed by atoms with E-state index in [1.165, 1.54) is 0 Å². The fourth-order valence-electron chi connectivity index (χ4n) is 2.88. The van der Waals surface area contributed by atoms with Gasteiger partial charge in [0.25, 0.3) is 0 Å². The molecule has 3 nitrogen and oxygen atoms in total. The van der Waals surface area contributed by atoms with Gasteiger partial charge < -0.3 is 10.4 Å². The molecule has 1 saturated carbocycles. The highest BCUT2D eigenvalue weighted by Crippen LogP contribution is 2.29. The van der Waals surface area contributed by atoms with Gasteiger partial charge in [0, 0.05) is 34.8 Å². The largest absolute Gasteiger partial charge is 0.396 e. The first-order valence-corrected chi connectivity index (χ1v) is 7.89. The molecule has 0 atom stereocenters. The van der Waals surface area contributed by atoms with Crippen LogP contribution >= 0.6 is 15.9 Å². The van der Waals surface area contributed by atoms with Crippen molar-refractivity contribution < 1.29 is 5.11 Å². The third kappa shape index (κ3) is 2.96. The smallest absolute Gasteiger partial charge is 0.0724 e. The number of nitrogens with zero attached hydrogens (tertiary/aromatic N) is 1. The topological polar surface area (TPSA) is 45.1 Å². The number of aliphatic hydroxyl groups is 1. The Hall–Kier alpha value is -1.13. The van der Waals surface area contributed by atoms with Gasteiger partial charge in [-0.05, 0) is 49.8 Å². The van der Waals surface area contributed by atoms with Gasteiger partial charge in [-0.1, -0.05) is 15.9 Å². The predicted molar refractivity (Wildman–Crippen MR) is 84.7 cm³/mol. The Morgan fingerprint density at radius 2 is 2.10 bits per heavy atom. The lowest BCUT2D eigenvalue weighted by Gasteiger charge is -2.29. The molecule has 1 aromatic heterocycles. The summed E-state index contributed by atoms with van der Waals surface area (Å²) in [5, 5.41) is 13.9. The van der Waals surface area contributed by atoms with E-state index in [9.17, 15) is 5.11 Å². The summed E-state index contributed by atoms with van der Waals surface area (Å²) < 4.78 is 1.05. The molecule has 0 saturated heterocycles. The van der Waals surface area contributed by atoms with Crippen LogP contribution in [0.25, 0.3) is 10.9 Å². The van der Waals surface area contributed by atoms with E-state index in [0.29, 0.717) is 18.6 Å². The Balaban J connectivity index is 1.79. The molecular formula is C16H18BrN2O. The van der Waals surface area contributed by atoms with Crippen LogP contribution in [0.3, 0.4) is 0 Å². The Morgan fingerprint density at radius 3 is 2.85 bits per heavy atom. The maximum Gasteiger partial charge on any atom is 0.0724 e. The van der Waals surface area contributed by atoms with Gasteiger partial charge >= 0.3 is 0 Å². The van der Waals surface area contributed by atoms with Crippen molar-refractivity contribution in [3.8, 4) is 0 Å². The molecule has 2 aromatic rings. The quantitative estimate of drug-likeness (QED) is 0.898. The van der Waals surface area contributed by atoms with Crippen molar-refractivity contribution in [2.24, 2.45) is 5.92 Å². The van der Waals surface area contributed by atoms with Crippen molar-refractivity contribution in [3.05, 3.63) is 34.9 Å². The second-order valence-electron chi connectivity index (χ2n) is 5.48. The summed E-state index contributed by atoms with van der Waals surface area (Å²) in [5.74, 6) is 0.486. The highest BCUT2D eigenvalue weighted by molar-refractivity contribution is 9.10. The number of rotatable bonds is 3. The number of anilines is 1. The number of hydrogen-bond donors (Lipinski definition) is 2. The molecule has 1 aliphatic carbocycles. The molecule has 1 fully saturated rings. The normalized spacial score (nSPS) is 22.9. The summed E-state index contributed by atoms with van der Waals surface area (Å²) in [5.41, 5.74) is 2.02. The molecule has 0 spiro atoms. The first-order chi connectivity index (χ1) is 9.76. The first-order valence-electron chi connectivity index (χ1n) is 7.09. The van der Waals surface area contributed by atoms with Crippen LogP contribution in [0.15, 0.2) is 28.9 Å². The van der Waals surface area contributed by atoms with E-state index in [4.69, 9.17) is 0 Å². The summed E-state index contributed by atoms with van der Waals surface area (Å²) >= 11 is 3.51. The Morgan fingerprint density at radius 1 is 1.30 bits per heavy atom. The van der Waals surface area contributed by atoms with Crippen molar-refractivity contribution in [1.29, 1.82) is 0 Å². The molecule has 2 N–H and O–H groups in total. The zero-order valence-electron chi connectivity index (χ0n) is 11.3. The molecule has 1 radical (unpaired) electrons. The van der Waals surface area contributed by atoms with Crippen molar-refractivity contribution >= 4 is 32.5 Å².